The monoisotopic (exact) mass is 276 g/mol. The topological polar surface area (TPSA) is 41.4 Å². The molecule has 0 spiro atoms. The molecule has 2 aromatic heterocycles. The van der Waals surface area contributed by atoms with Gasteiger partial charge in [-0.3, -0.25) is 0 Å². The molecule has 0 amide bonds. The summed E-state index contributed by atoms with van der Waals surface area (Å²) in [6.45, 7) is 4.45. The Morgan fingerprint density at radius 2 is 2.26 bits per heavy atom. The second-order valence-corrected chi connectivity index (χ2v) is 5.35. The Balaban J connectivity index is 1.90. The number of guanidine groups is 1. The molecule has 4 nitrogen and oxygen atoms in total. The van der Waals surface area contributed by atoms with Gasteiger partial charge in [-0.25, -0.2) is 4.99 Å². The molecule has 5 heteroatoms. The first-order valence-corrected chi connectivity index (χ1v) is 7.31. The maximum Gasteiger partial charge on any atom is 0.191 e. The quantitative estimate of drug-likeness (QED) is 0.650. The first-order chi connectivity index (χ1) is 9.28. The fourth-order valence-electron chi connectivity index (χ4n) is 1.75. The summed E-state index contributed by atoms with van der Waals surface area (Å²) in [7, 11) is 2.02. The van der Waals surface area contributed by atoms with E-state index in [0.717, 1.165) is 19.0 Å². The predicted molar refractivity (Wildman–Crippen MR) is 81.4 cm³/mol. The minimum Gasteiger partial charge on any atom is -0.357 e. The van der Waals surface area contributed by atoms with Gasteiger partial charge in [0.1, 0.15) is 0 Å². The van der Waals surface area contributed by atoms with E-state index >= 15 is 0 Å². The van der Waals surface area contributed by atoms with Crippen LogP contribution in [0.5, 0.6) is 0 Å². The maximum absolute atomic E-state index is 4.58. The van der Waals surface area contributed by atoms with Crippen molar-refractivity contribution in [3.8, 4) is 0 Å². The molecule has 2 rings (SSSR count). The Morgan fingerprint density at radius 1 is 1.37 bits per heavy atom. The zero-order valence-corrected chi connectivity index (χ0v) is 12.2. The average Bonchev–Trinajstić information content (AvgIpc) is 3.04. The number of aliphatic imine (C=N–C) groups is 1. The van der Waals surface area contributed by atoms with Crippen LogP contribution in [0.4, 0.5) is 0 Å². The van der Waals surface area contributed by atoms with Crippen molar-refractivity contribution in [2.75, 3.05) is 6.54 Å². The van der Waals surface area contributed by atoms with Crippen LogP contribution in [-0.2, 0) is 20.1 Å². The molecule has 0 bridgehead atoms. The Hall–Kier alpha value is -1.75. The second-order valence-electron chi connectivity index (χ2n) is 4.31. The van der Waals surface area contributed by atoms with Gasteiger partial charge in [0, 0.05) is 30.9 Å². The summed E-state index contributed by atoms with van der Waals surface area (Å²) in [6.07, 6.45) is 4.13. The molecule has 0 unspecified atom stereocenters. The molecule has 0 radical (unpaired) electrons. The van der Waals surface area contributed by atoms with Crippen LogP contribution in [-0.4, -0.2) is 17.1 Å². The average molecular weight is 276 g/mol. The molecule has 0 aromatic carbocycles. The third kappa shape index (κ3) is 4.44. The van der Waals surface area contributed by atoms with Crippen LogP contribution < -0.4 is 10.6 Å². The number of aromatic nitrogens is 1. The van der Waals surface area contributed by atoms with Crippen molar-refractivity contribution in [3.05, 3.63) is 46.4 Å². The van der Waals surface area contributed by atoms with Gasteiger partial charge in [0.25, 0.3) is 0 Å². The minimum atomic E-state index is 0.695. The Labute approximate surface area is 118 Å². The first kappa shape index (κ1) is 13.7. The van der Waals surface area contributed by atoms with Gasteiger partial charge >= 0.3 is 0 Å². The SMILES string of the molecule is CCNC(=NCc1ccn(C)c1)NCc1cccs1. The van der Waals surface area contributed by atoms with Gasteiger partial charge in [-0.05, 0) is 30.0 Å². The number of hydrogen-bond donors (Lipinski definition) is 2. The van der Waals surface area contributed by atoms with Crippen LogP contribution in [0.25, 0.3) is 0 Å². The molecule has 2 aromatic rings. The van der Waals surface area contributed by atoms with Crippen molar-refractivity contribution in [3.63, 3.8) is 0 Å². The summed E-state index contributed by atoms with van der Waals surface area (Å²) in [5, 5.41) is 8.69. The molecule has 2 N–H and O–H groups in total. The molecule has 2 heterocycles. The van der Waals surface area contributed by atoms with Crippen molar-refractivity contribution in [2.24, 2.45) is 12.0 Å². The third-order valence-electron chi connectivity index (χ3n) is 2.67. The smallest absolute Gasteiger partial charge is 0.191 e. The highest BCUT2D eigenvalue weighted by atomic mass is 32.1. The van der Waals surface area contributed by atoms with E-state index in [0.29, 0.717) is 6.54 Å². The van der Waals surface area contributed by atoms with Gasteiger partial charge in [0.15, 0.2) is 5.96 Å². The zero-order chi connectivity index (χ0) is 13.5. The van der Waals surface area contributed by atoms with Crippen molar-refractivity contribution in [2.45, 2.75) is 20.0 Å². The van der Waals surface area contributed by atoms with E-state index in [9.17, 15) is 0 Å². The fourth-order valence-corrected chi connectivity index (χ4v) is 2.40. The van der Waals surface area contributed by atoms with E-state index in [2.05, 4.69) is 52.3 Å². The number of nitrogens with zero attached hydrogens (tertiary/aromatic N) is 2. The highest BCUT2D eigenvalue weighted by Gasteiger charge is 1.99. The van der Waals surface area contributed by atoms with Gasteiger partial charge in [-0.1, -0.05) is 6.07 Å². The van der Waals surface area contributed by atoms with Crippen LogP contribution in [0.15, 0.2) is 41.0 Å². The molecule has 0 aliphatic carbocycles. The van der Waals surface area contributed by atoms with E-state index in [1.807, 2.05) is 17.8 Å². The third-order valence-corrected chi connectivity index (χ3v) is 3.54. The first-order valence-electron chi connectivity index (χ1n) is 6.43. The standard InChI is InChI=1S/C14H20N4S/c1-3-15-14(17-10-13-5-4-8-19-13)16-9-12-6-7-18(2)11-12/h4-8,11H,3,9-10H2,1-2H3,(H2,15,16,17). The predicted octanol–water partition coefficient (Wildman–Crippen LogP) is 2.34. The number of thiophene rings is 1. The zero-order valence-electron chi connectivity index (χ0n) is 11.4. The lowest BCUT2D eigenvalue weighted by Crippen LogP contribution is -2.36. The van der Waals surface area contributed by atoms with Crippen LogP contribution in [0.1, 0.15) is 17.4 Å². The fraction of sp³-hybridized carbons (Fsp3) is 0.357. The molecule has 0 saturated carbocycles. The van der Waals surface area contributed by atoms with E-state index in [-0.39, 0.29) is 0 Å². The second kappa shape index (κ2) is 6.99. The summed E-state index contributed by atoms with van der Waals surface area (Å²) in [5.41, 5.74) is 1.22. The van der Waals surface area contributed by atoms with Crippen LogP contribution in [0.3, 0.4) is 0 Å². The Morgan fingerprint density at radius 3 is 2.89 bits per heavy atom. The highest BCUT2D eigenvalue weighted by molar-refractivity contribution is 7.09. The van der Waals surface area contributed by atoms with Gasteiger partial charge < -0.3 is 15.2 Å². The summed E-state index contributed by atoms with van der Waals surface area (Å²) in [5.74, 6) is 0.861. The Bertz CT molecular complexity index is 513. The van der Waals surface area contributed by atoms with Crippen LogP contribution in [0.2, 0.25) is 0 Å². The molecule has 19 heavy (non-hydrogen) atoms. The van der Waals surface area contributed by atoms with Crippen molar-refractivity contribution >= 4 is 17.3 Å². The lowest BCUT2D eigenvalue weighted by Gasteiger charge is -2.10. The number of rotatable bonds is 5. The highest BCUT2D eigenvalue weighted by Crippen LogP contribution is 2.07. The van der Waals surface area contributed by atoms with E-state index in [1.165, 1.54) is 10.4 Å². The molecule has 0 saturated heterocycles. The lowest BCUT2D eigenvalue weighted by molar-refractivity contribution is 0.822. The van der Waals surface area contributed by atoms with E-state index in [1.54, 1.807) is 11.3 Å². The van der Waals surface area contributed by atoms with Gasteiger partial charge in [-0.15, -0.1) is 11.3 Å². The van der Waals surface area contributed by atoms with Gasteiger partial charge in [0.05, 0.1) is 13.1 Å². The van der Waals surface area contributed by atoms with Crippen LogP contribution >= 0.6 is 11.3 Å². The van der Waals surface area contributed by atoms with Crippen molar-refractivity contribution in [1.82, 2.24) is 15.2 Å². The molecular weight excluding hydrogens is 256 g/mol. The molecule has 102 valence electrons. The van der Waals surface area contributed by atoms with Crippen molar-refractivity contribution in [1.29, 1.82) is 0 Å². The van der Waals surface area contributed by atoms with E-state index in [4.69, 9.17) is 0 Å². The number of aryl methyl sites for hydroxylation is 1. The van der Waals surface area contributed by atoms with Crippen LogP contribution in [0, 0.1) is 0 Å². The van der Waals surface area contributed by atoms with Gasteiger partial charge in [0.2, 0.25) is 0 Å². The lowest BCUT2D eigenvalue weighted by atomic mass is 10.3. The molecule has 0 aliphatic rings. The summed E-state index contributed by atoms with van der Waals surface area (Å²) < 4.78 is 2.04. The largest absolute Gasteiger partial charge is 0.357 e. The summed E-state index contributed by atoms with van der Waals surface area (Å²) in [6, 6.07) is 6.28. The number of nitrogens with one attached hydrogen (secondary N) is 2. The van der Waals surface area contributed by atoms with Crippen molar-refractivity contribution < 1.29 is 0 Å². The maximum atomic E-state index is 4.58. The number of hydrogen-bond acceptors (Lipinski definition) is 2. The summed E-state index contributed by atoms with van der Waals surface area (Å²) in [4.78, 5) is 5.89. The minimum absolute atomic E-state index is 0.695. The van der Waals surface area contributed by atoms with E-state index < -0.39 is 0 Å². The molecule has 0 fully saturated rings. The molecule has 0 aliphatic heterocycles. The molecule has 0 atom stereocenters. The normalized spacial score (nSPS) is 11.6. The Kier molecular flexibility index (Phi) is 5.03. The van der Waals surface area contributed by atoms with Gasteiger partial charge in [-0.2, -0.15) is 0 Å². The summed E-state index contributed by atoms with van der Waals surface area (Å²) >= 11 is 1.75. The molecular formula is C14H20N4S.